The fraction of sp³-hybridized carbons (Fsp3) is 0.455. The Bertz CT molecular complexity index is 982. The summed E-state index contributed by atoms with van der Waals surface area (Å²) >= 11 is 6.50. The van der Waals surface area contributed by atoms with Gasteiger partial charge in [0.2, 0.25) is 0 Å². The van der Waals surface area contributed by atoms with E-state index in [0.29, 0.717) is 11.1 Å². The van der Waals surface area contributed by atoms with Crippen molar-refractivity contribution in [3.8, 4) is 17.0 Å². The van der Waals surface area contributed by atoms with Crippen molar-refractivity contribution >= 4 is 22.8 Å². The summed E-state index contributed by atoms with van der Waals surface area (Å²) in [6.45, 7) is 10.5. The average Bonchev–Trinajstić information content (AvgIpc) is 3.00. The third-order valence-corrected chi connectivity index (χ3v) is 5.67. The molecule has 3 rings (SSSR count). The summed E-state index contributed by atoms with van der Waals surface area (Å²) in [6, 6.07) is 6.03. The highest BCUT2D eigenvalue weighted by atomic mass is 35.5. The van der Waals surface area contributed by atoms with E-state index in [-0.39, 0.29) is 0 Å². The van der Waals surface area contributed by atoms with Crippen LogP contribution >= 0.6 is 11.6 Å². The molecule has 0 unspecified atom stereocenters. The Hall–Kier alpha value is -2.11. The molecular weight excluding hydrogens is 372 g/mol. The van der Waals surface area contributed by atoms with Gasteiger partial charge in [-0.3, -0.25) is 0 Å². The van der Waals surface area contributed by atoms with Crippen LogP contribution in [0.1, 0.15) is 37.6 Å². The topological polar surface area (TPSA) is 43.2 Å². The van der Waals surface area contributed by atoms with Gasteiger partial charge in [-0.05, 0) is 57.6 Å². The molecule has 0 bridgehead atoms. The maximum absolute atomic E-state index is 6.50. The molecule has 28 heavy (non-hydrogen) atoms. The fourth-order valence-corrected chi connectivity index (χ4v) is 3.79. The quantitative estimate of drug-likeness (QED) is 0.541. The van der Waals surface area contributed by atoms with Gasteiger partial charge in [-0.15, -0.1) is 0 Å². The van der Waals surface area contributed by atoms with Gasteiger partial charge in [0.05, 0.1) is 23.5 Å². The number of rotatable bonds is 7. The molecule has 6 heteroatoms. The molecule has 150 valence electrons. The first-order valence-corrected chi connectivity index (χ1v) is 10.2. The van der Waals surface area contributed by atoms with Crippen LogP contribution in [0, 0.1) is 13.8 Å². The van der Waals surface area contributed by atoms with Crippen molar-refractivity contribution in [1.29, 1.82) is 0 Å². The van der Waals surface area contributed by atoms with Crippen molar-refractivity contribution in [3.63, 3.8) is 0 Å². The Kier molecular flexibility index (Phi) is 6.26. The minimum Gasteiger partial charge on any atom is -0.497 e. The van der Waals surface area contributed by atoms with E-state index in [1.807, 2.05) is 25.1 Å². The summed E-state index contributed by atoms with van der Waals surface area (Å²) in [5, 5.41) is 0.615. The summed E-state index contributed by atoms with van der Waals surface area (Å²) in [5.74, 6) is 0.730. The lowest BCUT2D eigenvalue weighted by atomic mass is 10.1. The second-order valence-corrected chi connectivity index (χ2v) is 7.72. The molecule has 0 spiro atoms. The van der Waals surface area contributed by atoms with Crippen LogP contribution in [0.5, 0.6) is 5.75 Å². The number of aromatic nitrogens is 3. The molecule has 0 radical (unpaired) electrons. The van der Waals surface area contributed by atoms with Gasteiger partial charge in [-0.1, -0.05) is 25.4 Å². The van der Waals surface area contributed by atoms with Crippen molar-refractivity contribution in [2.24, 2.45) is 0 Å². The molecule has 1 atom stereocenters. The molecule has 0 aliphatic carbocycles. The highest BCUT2D eigenvalue weighted by molar-refractivity contribution is 6.33. The van der Waals surface area contributed by atoms with Gasteiger partial charge in [0.1, 0.15) is 11.3 Å². The van der Waals surface area contributed by atoms with Crippen molar-refractivity contribution in [2.75, 3.05) is 27.2 Å². The Labute approximate surface area is 172 Å². The first-order chi connectivity index (χ1) is 13.4. The highest BCUT2D eigenvalue weighted by Gasteiger charge is 2.20. The first kappa shape index (κ1) is 20.6. The van der Waals surface area contributed by atoms with Crippen LogP contribution in [-0.2, 0) is 0 Å². The van der Waals surface area contributed by atoms with E-state index in [4.69, 9.17) is 26.3 Å². The van der Waals surface area contributed by atoms with Crippen molar-refractivity contribution in [1.82, 2.24) is 19.4 Å². The molecule has 0 saturated carbocycles. The number of methoxy groups -OCH3 is 1. The lowest BCUT2D eigenvalue weighted by Crippen LogP contribution is -2.27. The second kappa shape index (κ2) is 8.50. The van der Waals surface area contributed by atoms with Crippen LogP contribution < -0.4 is 4.74 Å². The maximum Gasteiger partial charge on any atom is 0.159 e. The van der Waals surface area contributed by atoms with Crippen molar-refractivity contribution in [3.05, 3.63) is 40.7 Å². The monoisotopic (exact) mass is 400 g/mol. The molecule has 0 aliphatic heterocycles. The number of ether oxygens (including phenoxy) is 1. The van der Waals surface area contributed by atoms with Gasteiger partial charge in [-0.25, -0.2) is 9.97 Å². The van der Waals surface area contributed by atoms with Crippen LogP contribution in [0.4, 0.5) is 0 Å². The number of nitrogens with zero attached hydrogens (tertiary/aromatic N) is 4. The molecule has 0 N–H and O–H groups in total. The number of hydrogen-bond donors (Lipinski definition) is 0. The zero-order valence-corrected chi connectivity index (χ0v) is 18.3. The van der Waals surface area contributed by atoms with Gasteiger partial charge >= 0.3 is 0 Å². The first-order valence-electron chi connectivity index (χ1n) is 9.77. The maximum atomic E-state index is 6.50. The number of fused-ring (bicyclic) bond motifs is 1. The van der Waals surface area contributed by atoms with Gasteiger partial charge in [-0.2, -0.15) is 0 Å². The minimum atomic E-state index is 0.366. The number of hydrogen-bond acceptors (Lipinski definition) is 4. The normalized spacial score (nSPS) is 12.7. The number of benzene rings is 1. The van der Waals surface area contributed by atoms with E-state index in [1.165, 1.54) is 0 Å². The lowest BCUT2D eigenvalue weighted by molar-refractivity contribution is 0.285. The Morgan fingerprint density at radius 3 is 2.57 bits per heavy atom. The largest absolute Gasteiger partial charge is 0.497 e. The standard InChI is InChI=1S/C22H29ClN4O/c1-7-16(13-26(5)8-2)27-12-14(3)20-22(27)24-15(4)21(25-20)18-10-9-17(28-6)11-19(18)23/h9-12,16H,7-8,13H2,1-6H3/t16-/m1/s1. The van der Waals surface area contributed by atoms with Crippen molar-refractivity contribution in [2.45, 2.75) is 40.2 Å². The fourth-order valence-electron chi connectivity index (χ4n) is 3.53. The van der Waals surface area contributed by atoms with Crippen LogP contribution in [0.3, 0.4) is 0 Å². The average molecular weight is 401 g/mol. The van der Waals surface area contributed by atoms with E-state index in [2.05, 4.69) is 43.5 Å². The van der Waals surface area contributed by atoms with E-state index >= 15 is 0 Å². The SMILES string of the molecule is CC[C@H](CN(C)CC)n1cc(C)c2nc(-c3ccc(OC)cc3Cl)c(C)nc21. The summed E-state index contributed by atoms with van der Waals surface area (Å²) in [6.07, 6.45) is 3.22. The van der Waals surface area contributed by atoms with E-state index in [1.54, 1.807) is 7.11 Å². The third kappa shape index (κ3) is 3.87. The molecule has 0 fully saturated rings. The van der Waals surface area contributed by atoms with Gasteiger partial charge in [0, 0.05) is 24.3 Å². The van der Waals surface area contributed by atoms with Crippen LogP contribution in [0.25, 0.3) is 22.4 Å². The Morgan fingerprint density at radius 2 is 1.96 bits per heavy atom. The Balaban J connectivity index is 2.11. The molecule has 1 aromatic carbocycles. The zero-order valence-electron chi connectivity index (χ0n) is 17.6. The summed E-state index contributed by atoms with van der Waals surface area (Å²) in [5.41, 5.74) is 5.58. The smallest absolute Gasteiger partial charge is 0.159 e. The molecular formula is C22H29ClN4O. The number of likely N-dealkylation sites (N-methyl/N-ethyl adjacent to an activating group) is 1. The van der Waals surface area contributed by atoms with E-state index in [0.717, 1.165) is 58.9 Å². The second-order valence-electron chi connectivity index (χ2n) is 7.31. The molecule has 0 saturated heterocycles. The molecule has 2 heterocycles. The molecule has 0 aliphatic rings. The van der Waals surface area contributed by atoms with Gasteiger partial charge < -0.3 is 14.2 Å². The summed E-state index contributed by atoms with van der Waals surface area (Å²) in [7, 11) is 3.79. The predicted octanol–water partition coefficient (Wildman–Crippen LogP) is 5.28. The van der Waals surface area contributed by atoms with Gasteiger partial charge in [0.25, 0.3) is 0 Å². The Morgan fingerprint density at radius 1 is 1.21 bits per heavy atom. The minimum absolute atomic E-state index is 0.366. The summed E-state index contributed by atoms with van der Waals surface area (Å²) in [4.78, 5) is 12.3. The number of halogens is 1. The van der Waals surface area contributed by atoms with E-state index < -0.39 is 0 Å². The van der Waals surface area contributed by atoms with Crippen LogP contribution in [0.15, 0.2) is 24.4 Å². The van der Waals surface area contributed by atoms with Crippen molar-refractivity contribution < 1.29 is 4.74 Å². The summed E-state index contributed by atoms with van der Waals surface area (Å²) < 4.78 is 7.55. The predicted molar refractivity (Wildman–Crippen MR) is 116 cm³/mol. The number of aryl methyl sites for hydroxylation is 2. The lowest BCUT2D eigenvalue weighted by Gasteiger charge is -2.24. The zero-order chi connectivity index (χ0) is 20.4. The molecule has 5 nitrogen and oxygen atoms in total. The van der Waals surface area contributed by atoms with E-state index in [9.17, 15) is 0 Å². The van der Waals surface area contributed by atoms with Crippen LogP contribution in [-0.4, -0.2) is 46.7 Å². The molecule has 0 amide bonds. The molecule has 3 aromatic rings. The molecule has 2 aromatic heterocycles. The van der Waals surface area contributed by atoms with Crippen LogP contribution in [0.2, 0.25) is 5.02 Å². The third-order valence-electron chi connectivity index (χ3n) is 5.36. The highest BCUT2D eigenvalue weighted by Crippen LogP contribution is 2.33. The van der Waals surface area contributed by atoms with Gasteiger partial charge in [0.15, 0.2) is 5.65 Å².